The molecule has 1 fully saturated rings. The van der Waals surface area contributed by atoms with Gasteiger partial charge in [-0.2, -0.15) is 0 Å². The van der Waals surface area contributed by atoms with Crippen molar-refractivity contribution in [3.63, 3.8) is 0 Å². The second kappa shape index (κ2) is 6.83. The Bertz CT molecular complexity index is 214. The Morgan fingerprint density at radius 1 is 1.25 bits per heavy atom. The first-order chi connectivity index (χ1) is 7.61. The van der Waals surface area contributed by atoms with Crippen LogP contribution < -0.4 is 11.5 Å². The van der Waals surface area contributed by atoms with E-state index in [4.69, 9.17) is 11.5 Å². The van der Waals surface area contributed by atoms with E-state index in [2.05, 4.69) is 16.7 Å². The molecule has 94 valence electrons. The lowest BCUT2D eigenvalue weighted by Gasteiger charge is -2.35. The normalized spacial score (nSPS) is 20.9. The molecule has 1 atom stereocenters. The molecule has 5 nitrogen and oxygen atoms in total. The Kier molecular flexibility index (Phi) is 5.73. The maximum Gasteiger partial charge on any atom is 0.218 e. The van der Waals surface area contributed by atoms with E-state index in [0.717, 1.165) is 45.8 Å². The molecule has 0 spiro atoms. The Labute approximate surface area is 97.7 Å². The highest BCUT2D eigenvalue weighted by molar-refractivity contribution is 5.73. The van der Waals surface area contributed by atoms with E-state index in [-0.39, 0.29) is 5.91 Å². The number of piperazine rings is 1. The summed E-state index contributed by atoms with van der Waals surface area (Å²) >= 11 is 0. The van der Waals surface area contributed by atoms with Gasteiger partial charge in [0, 0.05) is 45.7 Å². The van der Waals surface area contributed by atoms with Crippen LogP contribution >= 0.6 is 0 Å². The number of nitrogens with zero attached hydrogens (tertiary/aromatic N) is 2. The van der Waals surface area contributed by atoms with Crippen LogP contribution in [0.5, 0.6) is 0 Å². The van der Waals surface area contributed by atoms with Crippen LogP contribution in [0.15, 0.2) is 0 Å². The van der Waals surface area contributed by atoms with Gasteiger partial charge >= 0.3 is 0 Å². The molecule has 0 bridgehead atoms. The summed E-state index contributed by atoms with van der Waals surface area (Å²) in [5, 5.41) is 0. The van der Waals surface area contributed by atoms with Crippen molar-refractivity contribution in [1.82, 2.24) is 9.80 Å². The van der Waals surface area contributed by atoms with Crippen LogP contribution in [0, 0.1) is 5.92 Å². The number of hydrogen-bond donors (Lipinski definition) is 2. The molecule has 1 rings (SSSR count). The Hall–Kier alpha value is -0.650. The maximum absolute atomic E-state index is 10.7. The molecule has 0 aliphatic carbocycles. The molecule has 0 aromatic heterocycles. The van der Waals surface area contributed by atoms with E-state index in [9.17, 15) is 4.79 Å². The van der Waals surface area contributed by atoms with Gasteiger partial charge in [0.2, 0.25) is 5.91 Å². The smallest absolute Gasteiger partial charge is 0.218 e. The zero-order chi connectivity index (χ0) is 12.0. The highest BCUT2D eigenvalue weighted by Gasteiger charge is 2.17. The van der Waals surface area contributed by atoms with Crippen molar-refractivity contribution in [3.8, 4) is 0 Å². The fourth-order valence-corrected chi connectivity index (χ4v) is 1.98. The van der Waals surface area contributed by atoms with Crippen molar-refractivity contribution < 1.29 is 4.79 Å². The average Bonchev–Trinajstić information content (AvgIpc) is 2.28. The third-order valence-corrected chi connectivity index (χ3v) is 3.11. The molecule has 1 aliphatic heterocycles. The molecule has 0 saturated carbocycles. The average molecular weight is 228 g/mol. The number of amides is 1. The van der Waals surface area contributed by atoms with Crippen LogP contribution in [0.2, 0.25) is 0 Å². The van der Waals surface area contributed by atoms with E-state index < -0.39 is 0 Å². The van der Waals surface area contributed by atoms with Crippen LogP contribution in [0.4, 0.5) is 0 Å². The summed E-state index contributed by atoms with van der Waals surface area (Å²) in [7, 11) is 0. The first-order valence-electron chi connectivity index (χ1n) is 6.05. The van der Waals surface area contributed by atoms with Crippen molar-refractivity contribution in [1.29, 1.82) is 0 Å². The predicted octanol–water partition coefficient (Wildman–Crippen LogP) is -0.926. The molecular weight excluding hydrogens is 204 g/mol. The van der Waals surface area contributed by atoms with Crippen LogP contribution in [-0.4, -0.2) is 61.5 Å². The summed E-state index contributed by atoms with van der Waals surface area (Å²) in [6.45, 7) is 9.03. The number of carbonyl (C=O) groups is 1. The third-order valence-electron chi connectivity index (χ3n) is 3.11. The highest BCUT2D eigenvalue weighted by atomic mass is 16.1. The standard InChI is InChI=1S/C11H24N4O/c1-10(8-12)9-15-6-4-14(5-7-15)3-2-11(13)16/h10H,2-9,12H2,1H3,(H2,13,16). The zero-order valence-corrected chi connectivity index (χ0v) is 10.2. The lowest BCUT2D eigenvalue weighted by atomic mass is 10.1. The predicted molar refractivity (Wildman–Crippen MR) is 64.9 cm³/mol. The van der Waals surface area contributed by atoms with Crippen LogP contribution in [0.25, 0.3) is 0 Å². The molecule has 0 radical (unpaired) electrons. The van der Waals surface area contributed by atoms with E-state index >= 15 is 0 Å². The molecule has 0 aromatic rings. The Morgan fingerprint density at radius 2 is 1.81 bits per heavy atom. The van der Waals surface area contributed by atoms with Gasteiger partial charge in [-0.15, -0.1) is 0 Å². The van der Waals surface area contributed by atoms with Crippen molar-refractivity contribution in [2.45, 2.75) is 13.3 Å². The number of rotatable bonds is 6. The molecule has 1 amide bonds. The van der Waals surface area contributed by atoms with Crippen LogP contribution in [0.1, 0.15) is 13.3 Å². The topological polar surface area (TPSA) is 75.6 Å². The Balaban J connectivity index is 2.15. The summed E-state index contributed by atoms with van der Waals surface area (Å²) in [6.07, 6.45) is 0.471. The van der Waals surface area contributed by atoms with Gasteiger partial charge in [0.25, 0.3) is 0 Å². The maximum atomic E-state index is 10.7. The second-order valence-corrected chi connectivity index (χ2v) is 4.70. The van der Waals surface area contributed by atoms with Gasteiger partial charge in [0.15, 0.2) is 0 Å². The summed E-state index contributed by atoms with van der Waals surface area (Å²) < 4.78 is 0. The first-order valence-corrected chi connectivity index (χ1v) is 6.05. The fraction of sp³-hybridized carbons (Fsp3) is 0.909. The van der Waals surface area contributed by atoms with Gasteiger partial charge < -0.3 is 21.3 Å². The molecule has 1 saturated heterocycles. The molecule has 4 N–H and O–H groups in total. The van der Waals surface area contributed by atoms with Crippen LogP contribution in [0.3, 0.4) is 0 Å². The molecule has 0 aromatic carbocycles. The molecule has 16 heavy (non-hydrogen) atoms. The monoisotopic (exact) mass is 228 g/mol. The van der Waals surface area contributed by atoms with Gasteiger partial charge in [-0.1, -0.05) is 6.92 Å². The van der Waals surface area contributed by atoms with Gasteiger partial charge in [-0.05, 0) is 12.5 Å². The van der Waals surface area contributed by atoms with Gasteiger partial charge in [-0.3, -0.25) is 4.79 Å². The second-order valence-electron chi connectivity index (χ2n) is 4.70. The quantitative estimate of drug-likeness (QED) is 0.616. The van der Waals surface area contributed by atoms with Crippen LogP contribution in [-0.2, 0) is 4.79 Å². The van der Waals surface area contributed by atoms with E-state index in [0.29, 0.717) is 12.3 Å². The molecule has 1 unspecified atom stereocenters. The van der Waals surface area contributed by atoms with E-state index in [1.54, 1.807) is 0 Å². The van der Waals surface area contributed by atoms with Crippen molar-refractivity contribution in [3.05, 3.63) is 0 Å². The highest BCUT2D eigenvalue weighted by Crippen LogP contribution is 2.05. The third kappa shape index (κ3) is 4.92. The van der Waals surface area contributed by atoms with Crippen molar-refractivity contribution in [2.75, 3.05) is 45.8 Å². The lowest BCUT2D eigenvalue weighted by molar-refractivity contribution is -0.118. The SMILES string of the molecule is CC(CN)CN1CCN(CCC(N)=O)CC1. The zero-order valence-electron chi connectivity index (χ0n) is 10.2. The van der Waals surface area contributed by atoms with Gasteiger partial charge in [0.1, 0.15) is 0 Å². The molecule has 1 heterocycles. The van der Waals surface area contributed by atoms with E-state index in [1.165, 1.54) is 0 Å². The van der Waals surface area contributed by atoms with Gasteiger partial charge in [-0.25, -0.2) is 0 Å². The fourth-order valence-electron chi connectivity index (χ4n) is 1.98. The number of carbonyl (C=O) groups excluding carboxylic acids is 1. The van der Waals surface area contributed by atoms with E-state index in [1.807, 2.05) is 0 Å². The molecular formula is C11H24N4O. The Morgan fingerprint density at radius 3 is 2.31 bits per heavy atom. The number of hydrogen-bond acceptors (Lipinski definition) is 4. The minimum absolute atomic E-state index is 0.209. The lowest BCUT2D eigenvalue weighted by Crippen LogP contribution is -2.48. The summed E-state index contributed by atoms with van der Waals surface area (Å²) in [4.78, 5) is 15.4. The number of primary amides is 1. The molecule has 1 aliphatic rings. The van der Waals surface area contributed by atoms with Crippen molar-refractivity contribution >= 4 is 5.91 Å². The largest absolute Gasteiger partial charge is 0.370 e. The minimum Gasteiger partial charge on any atom is -0.370 e. The van der Waals surface area contributed by atoms with Gasteiger partial charge in [0.05, 0.1) is 0 Å². The molecule has 5 heteroatoms. The number of nitrogens with two attached hydrogens (primary N) is 2. The summed E-state index contributed by atoms with van der Waals surface area (Å²) in [6, 6.07) is 0. The minimum atomic E-state index is -0.209. The summed E-state index contributed by atoms with van der Waals surface area (Å²) in [5.74, 6) is 0.358. The first kappa shape index (κ1) is 13.4. The van der Waals surface area contributed by atoms with Crippen molar-refractivity contribution in [2.24, 2.45) is 17.4 Å². The summed E-state index contributed by atoms with van der Waals surface area (Å²) in [5.41, 5.74) is 10.7.